The van der Waals surface area contributed by atoms with Crippen LogP contribution in [0.25, 0.3) is 33.2 Å². The lowest BCUT2D eigenvalue weighted by atomic mass is 10.0. The summed E-state index contributed by atoms with van der Waals surface area (Å²) < 4.78 is 45.6. The zero-order valence-corrected chi connectivity index (χ0v) is 19.2. The first-order valence-corrected chi connectivity index (χ1v) is 11.1. The highest BCUT2D eigenvalue weighted by atomic mass is 19.4. The van der Waals surface area contributed by atoms with Crippen LogP contribution in [-0.2, 0) is 6.18 Å². The summed E-state index contributed by atoms with van der Waals surface area (Å²) in [5.41, 5.74) is 3.32. The molecule has 6 nitrogen and oxygen atoms in total. The van der Waals surface area contributed by atoms with E-state index in [2.05, 4.69) is 15.3 Å². The minimum atomic E-state index is -4.76. The van der Waals surface area contributed by atoms with Gasteiger partial charge in [-0.2, -0.15) is 13.2 Å². The molecule has 0 unspecified atom stereocenters. The number of aromatic carboxylic acids is 1. The number of benzene rings is 2. The monoisotopic (exact) mass is 491 g/mol. The summed E-state index contributed by atoms with van der Waals surface area (Å²) in [6.07, 6.45) is -3.04. The zero-order chi connectivity index (χ0) is 25.6. The van der Waals surface area contributed by atoms with Gasteiger partial charge in [0, 0.05) is 22.7 Å². The van der Waals surface area contributed by atoms with Gasteiger partial charge in [0.1, 0.15) is 16.8 Å². The summed E-state index contributed by atoms with van der Waals surface area (Å²) in [5, 5.41) is 13.3. The summed E-state index contributed by atoms with van der Waals surface area (Å²) in [5.74, 6) is -1.56. The molecule has 0 saturated carbocycles. The Bertz CT molecular complexity index is 1610. The highest BCUT2D eigenvalue weighted by molar-refractivity contribution is 6.08. The van der Waals surface area contributed by atoms with Crippen molar-refractivity contribution in [3.05, 3.63) is 89.4 Å². The van der Waals surface area contributed by atoms with Gasteiger partial charge in [0.25, 0.3) is 0 Å². The predicted molar refractivity (Wildman–Crippen MR) is 130 cm³/mol. The second-order valence-electron chi connectivity index (χ2n) is 8.50. The van der Waals surface area contributed by atoms with Gasteiger partial charge in [0.05, 0.1) is 11.7 Å². The highest BCUT2D eigenvalue weighted by Crippen LogP contribution is 2.39. The number of nitrogens with one attached hydrogen (secondary N) is 1. The number of aryl methyl sites for hydroxylation is 1. The molecule has 182 valence electrons. The molecule has 1 atom stereocenters. The van der Waals surface area contributed by atoms with Gasteiger partial charge in [0.2, 0.25) is 0 Å². The van der Waals surface area contributed by atoms with Crippen LogP contribution >= 0.6 is 0 Å². The van der Waals surface area contributed by atoms with Crippen LogP contribution in [0.15, 0.2) is 71.3 Å². The molecule has 2 N–H and O–H groups in total. The van der Waals surface area contributed by atoms with E-state index < -0.39 is 29.6 Å². The normalized spacial score (nSPS) is 12.7. The molecule has 5 aromatic rings. The Labute approximate surface area is 203 Å². The highest BCUT2D eigenvalue weighted by Gasteiger charge is 2.34. The number of alkyl halides is 3. The molecule has 36 heavy (non-hydrogen) atoms. The maximum absolute atomic E-state index is 13.1. The van der Waals surface area contributed by atoms with Crippen LogP contribution in [0.5, 0.6) is 0 Å². The second kappa shape index (κ2) is 8.67. The van der Waals surface area contributed by atoms with Crippen LogP contribution in [0.4, 0.5) is 18.9 Å². The van der Waals surface area contributed by atoms with Gasteiger partial charge in [-0.25, -0.2) is 9.78 Å². The standard InChI is InChI=1S/C27H20F3N3O3/c1-14-12-18(15(2)32-20-8-9-21(27(28,29)30)33-23(20)26(34)35)24-19(13-14)22-25(36-24)17(10-11-31-22)16-6-4-3-5-7-16/h3-13,15,32H,1-2H3,(H,34,35)/t15-/m1/s1. The molecule has 0 radical (unpaired) electrons. The van der Waals surface area contributed by atoms with Crippen molar-refractivity contribution in [1.29, 1.82) is 0 Å². The average molecular weight is 491 g/mol. The Morgan fingerprint density at radius 3 is 2.50 bits per heavy atom. The van der Waals surface area contributed by atoms with Crippen molar-refractivity contribution in [2.45, 2.75) is 26.1 Å². The topological polar surface area (TPSA) is 88.2 Å². The number of fused-ring (bicyclic) bond motifs is 3. The summed E-state index contributed by atoms with van der Waals surface area (Å²) in [4.78, 5) is 19.6. The summed E-state index contributed by atoms with van der Waals surface area (Å²) in [6.45, 7) is 3.69. The van der Waals surface area contributed by atoms with Gasteiger partial charge >= 0.3 is 12.1 Å². The molecule has 9 heteroatoms. The van der Waals surface area contributed by atoms with Crippen molar-refractivity contribution in [1.82, 2.24) is 9.97 Å². The second-order valence-corrected chi connectivity index (χ2v) is 8.50. The van der Waals surface area contributed by atoms with Crippen molar-refractivity contribution in [3.8, 4) is 11.1 Å². The fourth-order valence-electron chi connectivity index (χ4n) is 4.31. The smallest absolute Gasteiger partial charge is 0.433 e. The number of carboxylic acid groups (broad SMARTS) is 1. The first-order chi connectivity index (χ1) is 17.1. The fourth-order valence-corrected chi connectivity index (χ4v) is 4.31. The van der Waals surface area contributed by atoms with E-state index in [-0.39, 0.29) is 5.69 Å². The minimum absolute atomic E-state index is 0.0307. The lowest BCUT2D eigenvalue weighted by Gasteiger charge is -2.18. The van der Waals surface area contributed by atoms with E-state index in [0.717, 1.165) is 34.2 Å². The Morgan fingerprint density at radius 1 is 1.06 bits per heavy atom. The van der Waals surface area contributed by atoms with Crippen molar-refractivity contribution in [3.63, 3.8) is 0 Å². The number of halogens is 3. The maximum atomic E-state index is 13.1. The van der Waals surface area contributed by atoms with Crippen LogP contribution < -0.4 is 5.32 Å². The molecule has 0 aliphatic rings. The first-order valence-electron chi connectivity index (χ1n) is 11.1. The number of rotatable bonds is 5. The van der Waals surface area contributed by atoms with Crippen LogP contribution in [0.1, 0.15) is 40.3 Å². The number of carbonyl (C=O) groups is 1. The summed E-state index contributed by atoms with van der Waals surface area (Å²) in [7, 11) is 0. The third kappa shape index (κ3) is 4.13. The minimum Gasteiger partial charge on any atom is -0.476 e. The summed E-state index contributed by atoms with van der Waals surface area (Å²) >= 11 is 0. The molecule has 0 aliphatic carbocycles. The SMILES string of the molecule is Cc1cc([C@@H](C)Nc2ccc(C(F)(F)F)nc2C(=O)O)c2oc3c(-c4ccccc4)ccnc3c2c1. The number of carboxylic acids is 1. The van der Waals surface area contributed by atoms with E-state index in [9.17, 15) is 23.1 Å². The van der Waals surface area contributed by atoms with E-state index in [4.69, 9.17) is 4.42 Å². The predicted octanol–water partition coefficient (Wildman–Crippen LogP) is 7.24. The molecule has 0 saturated heterocycles. The van der Waals surface area contributed by atoms with Crippen molar-refractivity contribution in [2.75, 3.05) is 5.32 Å². The number of aromatic nitrogens is 2. The largest absolute Gasteiger partial charge is 0.476 e. The average Bonchev–Trinajstić information content (AvgIpc) is 3.22. The Kier molecular flexibility index (Phi) is 5.62. The van der Waals surface area contributed by atoms with Crippen LogP contribution in [0.2, 0.25) is 0 Å². The number of anilines is 1. The molecule has 5 rings (SSSR count). The van der Waals surface area contributed by atoms with Crippen molar-refractivity contribution < 1.29 is 27.5 Å². The molecular weight excluding hydrogens is 471 g/mol. The lowest BCUT2D eigenvalue weighted by Crippen LogP contribution is -2.16. The molecule has 0 spiro atoms. The molecular formula is C27H20F3N3O3. The maximum Gasteiger partial charge on any atom is 0.433 e. The number of hydrogen-bond acceptors (Lipinski definition) is 5. The van der Waals surface area contributed by atoms with Crippen LogP contribution in [0, 0.1) is 6.92 Å². The number of pyridine rings is 2. The number of furan rings is 1. The van der Waals surface area contributed by atoms with Crippen LogP contribution in [0.3, 0.4) is 0 Å². The van der Waals surface area contributed by atoms with Gasteiger partial charge in [-0.3, -0.25) is 4.98 Å². The Morgan fingerprint density at radius 2 is 1.81 bits per heavy atom. The van der Waals surface area contributed by atoms with Crippen LogP contribution in [-0.4, -0.2) is 21.0 Å². The van der Waals surface area contributed by atoms with E-state index in [1.807, 2.05) is 55.5 Å². The van der Waals surface area contributed by atoms with Crippen molar-refractivity contribution in [2.24, 2.45) is 0 Å². The molecule has 3 aromatic heterocycles. The quantitative estimate of drug-likeness (QED) is 0.269. The number of hydrogen-bond donors (Lipinski definition) is 2. The van der Waals surface area contributed by atoms with E-state index in [1.165, 1.54) is 0 Å². The molecule has 0 amide bonds. The van der Waals surface area contributed by atoms with Crippen molar-refractivity contribution >= 4 is 33.7 Å². The third-order valence-electron chi connectivity index (χ3n) is 5.94. The van der Waals surface area contributed by atoms with Gasteiger partial charge in [-0.05, 0) is 49.2 Å². The van der Waals surface area contributed by atoms with E-state index >= 15 is 0 Å². The molecule has 0 fully saturated rings. The summed E-state index contributed by atoms with van der Waals surface area (Å²) in [6, 6.07) is 16.8. The van der Waals surface area contributed by atoms with E-state index in [0.29, 0.717) is 22.2 Å². The Hall–Kier alpha value is -4.40. The first kappa shape index (κ1) is 23.3. The third-order valence-corrected chi connectivity index (χ3v) is 5.94. The molecule has 2 aromatic carbocycles. The fraction of sp³-hybridized carbons (Fsp3) is 0.148. The Balaban J connectivity index is 1.62. The number of nitrogens with zero attached hydrogens (tertiary/aromatic N) is 2. The van der Waals surface area contributed by atoms with E-state index in [1.54, 1.807) is 13.1 Å². The van der Waals surface area contributed by atoms with Gasteiger partial charge in [0.15, 0.2) is 11.3 Å². The van der Waals surface area contributed by atoms with Gasteiger partial charge in [-0.1, -0.05) is 36.4 Å². The van der Waals surface area contributed by atoms with Gasteiger partial charge < -0.3 is 14.8 Å². The lowest BCUT2D eigenvalue weighted by molar-refractivity contribution is -0.141. The zero-order valence-electron chi connectivity index (χ0n) is 19.2. The molecule has 0 bridgehead atoms. The van der Waals surface area contributed by atoms with Gasteiger partial charge in [-0.15, -0.1) is 0 Å². The molecule has 3 heterocycles. The molecule has 0 aliphatic heterocycles.